The summed E-state index contributed by atoms with van der Waals surface area (Å²) in [4.78, 5) is 24.4. The van der Waals surface area contributed by atoms with Gasteiger partial charge in [0.05, 0.1) is 13.7 Å². The highest BCUT2D eigenvalue weighted by molar-refractivity contribution is 5.89. The van der Waals surface area contributed by atoms with E-state index in [4.69, 9.17) is 9.47 Å². The fourth-order valence-corrected chi connectivity index (χ4v) is 3.97. The predicted molar refractivity (Wildman–Crippen MR) is 94.6 cm³/mol. The summed E-state index contributed by atoms with van der Waals surface area (Å²) >= 11 is 0. The molecule has 1 aromatic carbocycles. The molecule has 136 valence electrons. The maximum absolute atomic E-state index is 12.5. The SMILES string of the molecule is CCCOc1ccc(CNC(=O)C2CC3CCC(C2)C3=O)cc1OC. The molecule has 0 aromatic heterocycles. The van der Waals surface area contributed by atoms with Crippen LogP contribution in [0.5, 0.6) is 11.5 Å². The van der Waals surface area contributed by atoms with Gasteiger partial charge in [-0.2, -0.15) is 0 Å². The normalized spacial score (nSPS) is 24.9. The van der Waals surface area contributed by atoms with Gasteiger partial charge in [0.2, 0.25) is 5.91 Å². The van der Waals surface area contributed by atoms with Crippen LogP contribution < -0.4 is 14.8 Å². The second-order valence-electron chi connectivity index (χ2n) is 7.09. The highest BCUT2D eigenvalue weighted by Gasteiger charge is 2.43. The predicted octanol–water partition coefficient (Wildman–Crippen LogP) is 3.11. The van der Waals surface area contributed by atoms with Gasteiger partial charge in [-0.3, -0.25) is 9.59 Å². The van der Waals surface area contributed by atoms with Gasteiger partial charge in [0.15, 0.2) is 11.5 Å². The number of carbonyl (C=O) groups excluding carboxylic acids is 2. The zero-order valence-electron chi connectivity index (χ0n) is 15.0. The van der Waals surface area contributed by atoms with Crippen molar-refractivity contribution >= 4 is 11.7 Å². The van der Waals surface area contributed by atoms with E-state index in [9.17, 15) is 9.59 Å². The number of fused-ring (bicyclic) bond motifs is 2. The molecule has 2 aliphatic rings. The molecule has 5 nitrogen and oxygen atoms in total. The van der Waals surface area contributed by atoms with E-state index in [0.717, 1.165) is 30.6 Å². The number of hydrogen-bond donors (Lipinski definition) is 1. The van der Waals surface area contributed by atoms with Gasteiger partial charge in [-0.05, 0) is 49.8 Å². The summed E-state index contributed by atoms with van der Waals surface area (Å²) in [5.41, 5.74) is 0.976. The first kappa shape index (κ1) is 17.8. The van der Waals surface area contributed by atoms with E-state index in [2.05, 4.69) is 12.2 Å². The molecular formula is C20H27NO4. The molecule has 2 aliphatic carbocycles. The summed E-state index contributed by atoms with van der Waals surface area (Å²) < 4.78 is 11.0. The fraction of sp³-hybridized carbons (Fsp3) is 0.600. The van der Waals surface area contributed by atoms with Gasteiger partial charge >= 0.3 is 0 Å². The average Bonchev–Trinajstić information content (AvgIpc) is 2.85. The van der Waals surface area contributed by atoms with Crippen molar-refractivity contribution in [1.29, 1.82) is 0 Å². The highest BCUT2D eigenvalue weighted by Crippen LogP contribution is 2.42. The summed E-state index contributed by atoms with van der Waals surface area (Å²) in [6, 6.07) is 5.73. The number of methoxy groups -OCH3 is 1. The molecule has 1 N–H and O–H groups in total. The van der Waals surface area contributed by atoms with Gasteiger partial charge < -0.3 is 14.8 Å². The van der Waals surface area contributed by atoms with Crippen LogP contribution in [0.2, 0.25) is 0 Å². The minimum absolute atomic E-state index is 0.0238. The minimum atomic E-state index is -0.0238. The van der Waals surface area contributed by atoms with Crippen molar-refractivity contribution in [1.82, 2.24) is 5.32 Å². The van der Waals surface area contributed by atoms with E-state index < -0.39 is 0 Å². The van der Waals surface area contributed by atoms with E-state index in [1.165, 1.54) is 0 Å². The molecule has 0 saturated heterocycles. The number of amides is 1. The van der Waals surface area contributed by atoms with Crippen molar-refractivity contribution in [3.63, 3.8) is 0 Å². The van der Waals surface area contributed by atoms with Crippen LogP contribution in [0, 0.1) is 17.8 Å². The second kappa shape index (κ2) is 7.89. The molecule has 0 aliphatic heterocycles. The van der Waals surface area contributed by atoms with Crippen LogP contribution in [-0.4, -0.2) is 25.4 Å². The zero-order valence-corrected chi connectivity index (χ0v) is 15.0. The Labute approximate surface area is 149 Å². The Bertz CT molecular complexity index is 627. The molecule has 5 heteroatoms. The van der Waals surface area contributed by atoms with Crippen LogP contribution in [-0.2, 0) is 16.1 Å². The van der Waals surface area contributed by atoms with Gasteiger partial charge in [-0.1, -0.05) is 13.0 Å². The van der Waals surface area contributed by atoms with E-state index in [-0.39, 0.29) is 23.7 Å². The summed E-state index contributed by atoms with van der Waals surface area (Å²) in [5, 5.41) is 3.02. The van der Waals surface area contributed by atoms with Gasteiger partial charge in [0, 0.05) is 24.3 Å². The van der Waals surface area contributed by atoms with Gasteiger partial charge in [0.1, 0.15) is 5.78 Å². The Hall–Kier alpha value is -2.04. The van der Waals surface area contributed by atoms with Crippen LogP contribution >= 0.6 is 0 Å². The Morgan fingerprint density at radius 1 is 1.20 bits per heavy atom. The molecule has 2 fully saturated rings. The topological polar surface area (TPSA) is 64.6 Å². The van der Waals surface area contributed by atoms with Crippen molar-refractivity contribution in [2.24, 2.45) is 17.8 Å². The second-order valence-corrected chi connectivity index (χ2v) is 7.09. The Kier molecular flexibility index (Phi) is 5.61. The molecule has 2 saturated carbocycles. The lowest BCUT2D eigenvalue weighted by Crippen LogP contribution is -2.37. The molecule has 2 atom stereocenters. The first-order chi connectivity index (χ1) is 12.1. The quantitative estimate of drug-likeness (QED) is 0.825. The summed E-state index contributed by atoms with van der Waals surface area (Å²) in [5.74, 6) is 2.06. The van der Waals surface area contributed by atoms with E-state index >= 15 is 0 Å². The molecule has 0 spiro atoms. The van der Waals surface area contributed by atoms with Crippen LogP contribution in [0.1, 0.15) is 44.6 Å². The first-order valence-corrected chi connectivity index (χ1v) is 9.23. The smallest absolute Gasteiger partial charge is 0.223 e. The van der Waals surface area contributed by atoms with Crippen LogP contribution in [0.4, 0.5) is 0 Å². The largest absolute Gasteiger partial charge is 0.493 e. The lowest BCUT2D eigenvalue weighted by Gasteiger charge is -2.25. The van der Waals surface area contributed by atoms with Crippen LogP contribution in [0.3, 0.4) is 0 Å². The van der Waals surface area contributed by atoms with Crippen molar-refractivity contribution < 1.29 is 19.1 Å². The number of ether oxygens (including phenoxy) is 2. The third kappa shape index (κ3) is 3.97. The number of benzene rings is 1. The molecular weight excluding hydrogens is 318 g/mol. The lowest BCUT2D eigenvalue weighted by atomic mass is 9.79. The van der Waals surface area contributed by atoms with Crippen molar-refractivity contribution in [2.75, 3.05) is 13.7 Å². The minimum Gasteiger partial charge on any atom is -0.493 e. The van der Waals surface area contributed by atoms with Crippen molar-refractivity contribution in [3.05, 3.63) is 23.8 Å². The monoisotopic (exact) mass is 345 g/mol. The molecule has 0 heterocycles. The molecule has 0 radical (unpaired) electrons. The maximum atomic E-state index is 12.5. The molecule has 2 bridgehead atoms. The molecule has 25 heavy (non-hydrogen) atoms. The number of rotatable bonds is 7. The number of carbonyl (C=O) groups is 2. The van der Waals surface area contributed by atoms with Gasteiger partial charge in [0.25, 0.3) is 0 Å². The third-order valence-corrected chi connectivity index (χ3v) is 5.33. The maximum Gasteiger partial charge on any atom is 0.223 e. The standard InChI is InChI=1S/C20H27NO4/c1-3-8-25-17-7-4-13(9-18(17)24-2)12-21-20(23)16-10-14-5-6-15(11-16)19(14)22/h4,7,9,14-16H,3,5-6,8,10-12H2,1-2H3,(H,21,23). The molecule has 1 amide bonds. The molecule has 1 aromatic rings. The van der Waals surface area contributed by atoms with Gasteiger partial charge in [-0.25, -0.2) is 0 Å². The van der Waals surface area contributed by atoms with Crippen LogP contribution in [0.15, 0.2) is 18.2 Å². The Morgan fingerprint density at radius 2 is 1.92 bits per heavy atom. The van der Waals surface area contributed by atoms with Crippen molar-refractivity contribution in [3.8, 4) is 11.5 Å². The highest BCUT2D eigenvalue weighted by atomic mass is 16.5. The summed E-state index contributed by atoms with van der Waals surface area (Å²) in [7, 11) is 1.62. The average molecular weight is 345 g/mol. The number of ketones is 1. The number of Topliss-reactive ketones (excluding diaryl/α,β-unsaturated/α-hetero) is 1. The third-order valence-electron chi connectivity index (χ3n) is 5.33. The van der Waals surface area contributed by atoms with E-state index in [0.29, 0.717) is 37.5 Å². The summed E-state index contributed by atoms with van der Waals surface area (Å²) in [6.07, 6.45) is 4.29. The van der Waals surface area contributed by atoms with E-state index in [1.807, 2.05) is 18.2 Å². The lowest BCUT2D eigenvalue weighted by molar-refractivity contribution is -0.132. The first-order valence-electron chi connectivity index (χ1n) is 9.23. The van der Waals surface area contributed by atoms with Gasteiger partial charge in [-0.15, -0.1) is 0 Å². The summed E-state index contributed by atoms with van der Waals surface area (Å²) in [6.45, 7) is 3.17. The Morgan fingerprint density at radius 3 is 2.56 bits per heavy atom. The fourth-order valence-electron chi connectivity index (χ4n) is 3.97. The van der Waals surface area contributed by atoms with E-state index in [1.54, 1.807) is 7.11 Å². The number of hydrogen-bond acceptors (Lipinski definition) is 4. The molecule has 2 unspecified atom stereocenters. The van der Waals surface area contributed by atoms with Crippen molar-refractivity contribution in [2.45, 2.75) is 45.6 Å². The zero-order chi connectivity index (χ0) is 17.8. The van der Waals surface area contributed by atoms with Crippen LogP contribution in [0.25, 0.3) is 0 Å². The molecule has 3 rings (SSSR count). The number of nitrogens with one attached hydrogen (secondary N) is 1. The Balaban J connectivity index is 1.56.